The lowest BCUT2D eigenvalue weighted by molar-refractivity contribution is 0.0528. The van der Waals surface area contributed by atoms with Crippen LogP contribution in [-0.4, -0.2) is 30.6 Å². The van der Waals surface area contributed by atoms with E-state index in [0.29, 0.717) is 16.8 Å². The van der Waals surface area contributed by atoms with E-state index in [1.165, 1.54) is 10.7 Å². The van der Waals surface area contributed by atoms with Gasteiger partial charge in [0.25, 0.3) is 0 Å². The van der Waals surface area contributed by atoms with Crippen LogP contribution in [0.2, 0.25) is 0 Å². The van der Waals surface area contributed by atoms with Gasteiger partial charge in [-0.05, 0) is 31.5 Å². The second-order valence-electron chi connectivity index (χ2n) is 5.87. The number of carbonyl (C=O) groups is 1. The molecule has 0 aliphatic rings. The minimum absolute atomic E-state index is 0.135. The van der Waals surface area contributed by atoms with E-state index in [0.717, 1.165) is 5.56 Å². The second-order valence-corrected chi connectivity index (χ2v) is 7.60. The number of esters is 1. The molecule has 2 heterocycles. The van der Waals surface area contributed by atoms with Crippen LogP contribution >= 0.6 is 0 Å². The number of nitrogens with one attached hydrogen (secondary N) is 1. The Morgan fingerprint density at radius 3 is 2.81 bits per heavy atom. The number of aromatic nitrogens is 2. The lowest BCUT2D eigenvalue weighted by Crippen LogP contribution is -2.15. The molecule has 1 N–H and O–H groups in total. The molecule has 0 fully saturated rings. The van der Waals surface area contributed by atoms with E-state index in [4.69, 9.17) is 4.74 Å². The van der Waals surface area contributed by atoms with Gasteiger partial charge >= 0.3 is 5.97 Å². The molecule has 1 aromatic carbocycles. The lowest BCUT2D eigenvalue weighted by atomic mass is 10.2. The number of hydrogen-bond acceptors (Lipinski definition) is 5. The summed E-state index contributed by atoms with van der Waals surface area (Å²) in [5.41, 5.74) is 2.81. The smallest absolute Gasteiger partial charge is 0.341 e. The Hall–Kier alpha value is -2.87. The third-order valence-electron chi connectivity index (χ3n) is 3.73. The first-order chi connectivity index (χ1) is 12.4. The van der Waals surface area contributed by atoms with Gasteiger partial charge in [0.1, 0.15) is 5.56 Å². The standard InChI is InChI=1S/C18H19N3O4S/c1-3-25-18(22)16-11-19-21-8-7-15(10-17(16)21)20-26(23,24)12-14-6-4-5-13(2)9-14/h4-11,20H,3,12H2,1-2H3. The SMILES string of the molecule is CCOC(=O)c1cnn2ccc(NS(=O)(=O)Cc3cccc(C)c3)cc12. The van der Waals surface area contributed by atoms with E-state index < -0.39 is 16.0 Å². The summed E-state index contributed by atoms with van der Waals surface area (Å²) in [5.74, 6) is -0.633. The van der Waals surface area contributed by atoms with Crippen molar-refractivity contribution in [3.05, 3.63) is 65.5 Å². The van der Waals surface area contributed by atoms with Gasteiger partial charge in [0.15, 0.2) is 0 Å². The summed E-state index contributed by atoms with van der Waals surface area (Å²) < 4.78 is 33.9. The van der Waals surface area contributed by atoms with Gasteiger partial charge < -0.3 is 4.74 Å². The van der Waals surface area contributed by atoms with Gasteiger partial charge in [-0.3, -0.25) is 4.72 Å². The van der Waals surface area contributed by atoms with Gasteiger partial charge in [0, 0.05) is 6.20 Å². The van der Waals surface area contributed by atoms with Crippen molar-refractivity contribution >= 4 is 27.2 Å². The summed E-state index contributed by atoms with van der Waals surface area (Å²) in [6, 6.07) is 10.5. The van der Waals surface area contributed by atoms with Crippen molar-refractivity contribution < 1.29 is 17.9 Å². The molecular weight excluding hydrogens is 354 g/mol. The van der Waals surface area contributed by atoms with Crippen LogP contribution in [-0.2, 0) is 20.5 Å². The summed E-state index contributed by atoms with van der Waals surface area (Å²) in [6.07, 6.45) is 2.99. The molecule has 0 spiro atoms. The molecule has 0 amide bonds. The maximum absolute atomic E-state index is 12.5. The number of sulfonamides is 1. The number of pyridine rings is 1. The van der Waals surface area contributed by atoms with E-state index in [9.17, 15) is 13.2 Å². The summed E-state index contributed by atoms with van der Waals surface area (Å²) in [6.45, 7) is 3.88. The van der Waals surface area contributed by atoms with Gasteiger partial charge in [-0.15, -0.1) is 0 Å². The molecule has 0 unspecified atom stereocenters. The quantitative estimate of drug-likeness (QED) is 0.671. The summed E-state index contributed by atoms with van der Waals surface area (Å²) in [5, 5.41) is 4.08. The van der Waals surface area contributed by atoms with Crippen LogP contribution < -0.4 is 4.72 Å². The number of carbonyl (C=O) groups excluding carboxylic acids is 1. The van der Waals surface area contributed by atoms with Crippen molar-refractivity contribution in [1.29, 1.82) is 0 Å². The second kappa shape index (κ2) is 7.17. The molecule has 2 aromatic heterocycles. The fourth-order valence-electron chi connectivity index (χ4n) is 2.65. The molecule has 0 saturated carbocycles. The molecular formula is C18H19N3O4S. The predicted molar refractivity (Wildman–Crippen MR) is 98.6 cm³/mol. The van der Waals surface area contributed by atoms with Gasteiger partial charge in [-0.2, -0.15) is 5.10 Å². The zero-order valence-electron chi connectivity index (χ0n) is 14.5. The Balaban J connectivity index is 1.86. The van der Waals surface area contributed by atoms with Crippen molar-refractivity contribution in [3.8, 4) is 0 Å². The molecule has 0 radical (unpaired) electrons. The van der Waals surface area contributed by atoms with E-state index in [1.807, 2.05) is 25.1 Å². The zero-order chi connectivity index (χ0) is 18.7. The summed E-state index contributed by atoms with van der Waals surface area (Å²) >= 11 is 0. The van der Waals surface area contributed by atoms with Crippen molar-refractivity contribution in [3.63, 3.8) is 0 Å². The minimum atomic E-state index is -3.60. The highest BCUT2D eigenvalue weighted by Crippen LogP contribution is 2.19. The fraction of sp³-hybridized carbons (Fsp3) is 0.222. The first kappa shape index (κ1) is 17.9. The molecule has 0 atom stereocenters. The van der Waals surface area contributed by atoms with Crippen LogP contribution in [0.5, 0.6) is 0 Å². The minimum Gasteiger partial charge on any atom is -0.462 e. The van der Waals surface area contributed by atoms with Crippen LogP contribution in [0.15, 0.2) is 48.8 Å². The van der Waals surface area contributed by atoms with Gasteiger partial charge in [0.05, 0.1) is 29.8 Å². The Bertz CT molecular complexity index is 1060. The maximum Gasteiger partial charge on any atom is 0.341 e. The molecule has 0 saturated heterocycles. The van der Waals surface area contributed by atoms with Crippen LogP contribution in [0.3, 0.4) is 0 Å². The van der Waals surface area contributed by atoms with Crippen LogP contribution in [0.4, 0.5) is 5.69 Å². The highest BCUT2D eigenvalue weighted by atomic mass is 32.2. The highest BCUT2D eigenvalue weighted by Gasteiger charge is 2.16. The molecule has 7 nitrogen and oxygen atoms in total. The normalized spacial score (nSPS) is 11.5. The molecule has 3 rings (SSSR count). The molecule has 0 aliphatic heterocycles. The fourth-order valence-corrected chi connectivity index (χ4v) is 3.82. The lowest BCUT2D eigenvalue weighted by Gasteiger charge is -2.09. The van der Waals surface area contributed by atoms with E-state index >= 15 is 0 Å². The van der Waals surface area contributed by atoms with E-state index in [-0.39, 0.29) is 17.9 Å². The number of benzene rings is 1. The van der Waals surface area contributed by atoms with Gasteiger partial charge in [-0.25, -0.2) is 17.7 Å². The van der Waals surface area contributed by atoms with Crippen molar-refractivity contribution in [2.24, 2.45) is 0 Å². The Morgan fingerprint density at radius 2 is 2.08 bits per heavy atom. The molecule has 8 heteroatoms. The van der Waals surface area contributed by atoms with Crippen molar-refractivity contribution in [1.82, 2.24) is 9.61 Å². The Kier molecular flexibility index (Phi) is 4.94. The number of anilines is 1. The average Bonchev–Trinajstić information content (AvgIpc) is 2.97. The Labute approximate surface area is 151 Å². The summed E-state index contributed by atoms with van der Waals surface area (Å²) in [7, 11) is -3.60. The van der Waals surface area contributed by atoms with Gasteiger partial charge in [0.2, 0.25) is 10.0 Å². The molecule has 26 heavy (non-hydrogen) atoms. The molecule has 136 valence electrons. The van der Waals surface area contributed by atoms with Crippen molar-refractivity contribution in [2.75, 3.05) is 11.3 Å². The van der Waals surface area contributed by atoms with E-state index in [1.54, 1.807) is 31.3 Å². The number of ether oxygens (including phenoxy) is 1. The number of hydrogen-bond donors (Lipinski definition) is 1. The maximum atomic E-state index is 12.5. The highest BCUT2D eigenvalue weighted by molar-refractivity contribution is 7.91. The first-order valence-corrected chi connectivity index (χ1v) is 9.74. The summed E-state index contributed by atoms with van der Waals surface area (Å²) in [4.78, 5) is 12.0. The van der Waals surface area contributed by atoms with E-state index in [2.05, 4.69) is 9.82 Å². The molecule has 0 aliphatic carbocycles. The zero-order valence-corrected chi connectivity index (χ0v) is 15.3. The van der Waals surface area contributed by atoms with Crippen LogP contribution in [0, 0.1) is 6.92 Å². The molecule has 3 aromatic rings. The number of rotatable bonds is 6. The predicted octanol–water partition coefficient (Wildman–Crippen LogP) is 2.76. The van der Waals surface area contributed by atoms with Crippen molar-refractivity contribution in [2.45, 2.75) is 19.6 Å². The van der Waals surface area contributed by atoms with Crippen LogP contribution in [0.25, 0.3) is 5.52 Å². The van der Waals surface area contributed by atoms with Crippen LogP contribution in [0.1, 0.15) is 28.4 Å². The number of nitrogens with zero attached hydrogens (tertiary/aromatic N) is 2. The first-order valence-electron chi connectivity index (χ1n) is 8.08. The average molecular weight is 373 g/mol. The number of fused-ring (bicyclic) bond motifs is 1. The third kappa shape index (κ3) is 4.02. The topological polar surface area (TPSA) is 89.8 Å². The largest absolute Gasteiger partial charge is 0.462 e. The monoisotopic (exact) mass is 373 g/mol. The van der Waals surface area contributed by atoms with Gasteiger partial charge in [-0.1, -0.05) is 29.8 Å². The number of aryl methyl sites for hydroxylation is 1. The third-order valence-corrected chi connectivity index (χ3v) is 4.99. The molecule has 0 bridgehead atoms. The Morgan fingerprint density at radius 1 is 1.27 bits per heavy atom.